The molecule has 0 aliphatic rings. The van der Waals surface area contributed by atoms with E-state index in [-0.39, 0.29) is 6.04 Å². The molecule has 2 N–H and O–H groups in total. The highest BCUT2D eigenvalue weighted by atomic mass is 15.3. The van der Waals surface area contributed by atoms with Crippen LogP contribution in [-0.4, -0.2) is 19.6 Å². The molecule has 2 rings (SSSR count). The van der Waals surface area contributed by atoms with E-state index in [2.05, 4.69) is 30.1 Å². The Morgan fingerprint density at radius 3 is 2.47 bits per heavy atom. The fourth-order valence-corrected chi connectivity index (χ4v) is 2.57. The Morgan fingerprint density at radius 1 is 1.32 bits per heavy atom. The predicted molar refractivity (Wildman–Crippen MR) is 76.0 cm³/mol. The zero-order valence-electron chi connectivity index (χ0n) is 12.4. The molecule has 0 aliphatic carbocycles. The lowest BCUT2D eigenvalue weighted by atomic mass is 10.1. The maximum Gasteiger partial charge on any atom is 0.0831 e. The van der Waals surface area contributed by atoms with Crippen molar-refractivity contribution in [1.29, 1.82) is 0 Å². The van der Waals surface area contributed by atoms with Crippen LogP contribution in [0.5, 0.6) is 0 Å². The summed E-state index contributed by atoms with van der Waals surface area (Å²) in [5.74, 6) is 0. The van der Waals surface area contributed by atoms with E-state index in [4.69, 9.17) is 5.73 Å². The fraction of sp³-hybridized carbons (Fsp3) is 0.571. The van der Waals surface area contributed by atoms with Crippen LogP contribution in [0.3, 0.4) is 0 Å². The van der Waals surface area contributed by atoms with Crippen LogP contribution >= 0.6 is 0 Å². The molecule has 0 amide bonds. The summed E-state index contributed by atoms with van der Waals surface area (Å²) < 4.78 is 3.95. The van der Waals surface area contributed by atoms with Gasteiger partial charge in [0, 0.05) is 24.3 Å². The van der Waals surface area contributed by atoms with Crippen LogP contribution in [-0.2, 0) is 20.0 Å². The van der Waals surface area contributed by atoms with Gasteiger partial charge in [0.05, 0.1) is 23.6 Å². The minimum absolute atomic E-state index is 0.0199. The SMILES string of the molecule is CCc1cc(Cn2nc(C)c(C(C)N)c2C)n(C)n1. The summed E-state index contributed by atoms with van der Waals surface area (Å²) in [6.45, 7) is 8.95. The van der Waals surface area contributed by atoms with Crippen molar-refractivity contribution in [2.75, 3.05) is 0 Å². The molecule has 0 spiro atoms. The Kier molecular flexibility index (Phi) is 3.75. The summed E-state index contributed by atoms with van der Waals surface area (Å²) in [7, 11) is 1.98. The van der Waals surface area contributed by atoms with Crippen LogP contribution < -0.4 is 5.73 Å². The van der Waals surface area contributed by atoms with Gasteiger partial charge in [-0.05, 0) is 33.3 Å². The molecule has 0 saturated carbocycles. The average molecular weight is 261 g/mol. The highest BCUT2D eigenvalue weighted by Crippen LogP contribution is 2.20. The standard InChI is InChI=1S/C14H23N5/c1-6-12-7-13(18(5)17-12)8-19-11(4)14(9(2)15)10(3)16-19/h7,9H,6,8,15H2,1-5H3. The van der Waals surface area contributed by atoms with Crippen LogP contribution in [0.4, 0.5) is 0 Å². The molecule has 0 fully saturated rings. The van der Waals surface area contributed by atoms with E-state index in [1.807, 2.05) is 30.3 Å². The van der Waals surface area contributed by atoms with Gasteiger partial charge in [-0.25, -0.2) is 0 Å². The van der Waals surface area contributed by atoms with Crippen molar-refractivity contribution in [3.8, 4) is 0 Å². The highest BCUT2D eigenvalue weighted by Gasteiger charge is 2.15. The van der Waals surface area contributed by atoms with Crippen LogP contribution in [0, 0.1) is 13.8 Å². The largest absolute Gasteiger partial charge is 0.324 e. The smallest absolute Gasteiger partial charge is 0.0831 e. The normalized spacial score (nSPS) is 12.9. The molecular formula is C14H23N5. The molecule has 0 radical (unpaired) electrons. The molecule has 2 heterocycles. The molecule has 0 bridgehead atoms. The first kappa shape index (κ1) is 13.8. The number of aromatic nitrogens is 4. The van der Waals surface area contributed by atoms with Crippen molar-refractivity contribution in [3.63, 3.8) is 0 Å². The molecule has 0 saturated heterocycles. The topological polar surface area (TPSA) is 61.7 Å². The first-order valence-corrected chi connectivity index (χ1v) is 6.75. The Labute approximate surface area is 114 Å². The Balaban J connectivity index is 2.33. The van der Waals surface area contributed by atoms with Crippen LogP contribution in [0.15, 0.2) is 6.07 Å². The number of nitrogens with two attached hydrogens (primary N) is 1. The number of hydrogen-bond acceptors (Lipinski definition) is 3. The zero-order chi connectivity index (χ0) is 14.2. The first-order valence-electron chi connectivity index (χ1n) is 6.75. The lowest BCUT2D eigenvalue weighted by Gasteiger charge is -2.07. The summed E-state index contributed by atoms with van der Waals surface area (Å²) in [5, 5.41) is 9.07. The summed E-state index contributed by atoms with van der Waals surface area (Å²) in [4.78, 5) is 0. The lowest BCUT2D eigenvalue weighted by Crippen LogP contribution is -2.10. The molecule has 5 nitrogen and oxygen atoms in total. The van der Waals surface area contributed by atoms with Crippen molar-refractivity contribution in [3.05, 3.63) is 34.4 Å². The summed E-state index contributed by atoms with van der Waals surface area (Å²) in [6.07, 6.45) is 0.954. The zero-order valence-corrected chi connectivity index (χ0v) is 12.4. The van der Waals surface area contributed by atoms with Gasteiger partial charge in [0.25, 0.3) is 0 Å². The van der Waals surface area contributed by atoms with E-state index in [1.165, 1.54) is 5.69 Å². The second-order valence-corrected chi connectivity index (χ2v) is 5.13. The van der Waals surface area contributed by atoms with Gasteiger partial charge in [-0.3, -0.25) is 9.36 Å². The quantitative estimate of drug-likeness (QED) is 0.914. The van der Waals surface area contributed by atoms with Gasteiger partial charge in [0.1, 0.15) is 0 Å². The maximum atomic E-state index is 6.01. The van der Waals surface area contributed by atoms with Crippen LogP contribution in [0.1, 0.15) is 48.2 Å². The molecule has 104 valence electrons. The van der Waals surface area contributed by atoms with E-state index < -0.39 is 0 Å². The number of aryl methyl sites for hydroxylation is 3. The Hall–Kier alpha value is -1.62. The molecule has 1 unspecified atom stereocenters. The number of rotatable bonds is 4. The van der Waals surface area contributed by atoms with Crippen molar-refractivity contribution in [1.82, 2.24) is 19.6 Å². The fourth-order valence-electron chi connectivity index (χ4n) is 2.57. The highest BCUT2D eigenvalue weighted by molar-refractivity contribution is 5.28. The average Bonchev–Trinajstić information content (AvgIpc) is 2.81. The summed E-state index contributed by atoms with van der Waals surface area (Å²) in [6, 6.07) is 2.16. The van der Waals surface area contributed by atoms with Gasteiger partial charge < -0.3 is 5.73 Å². The van der Waals surface area contributed by atoms with Crippen LogP contribution in [0.25, 0.3) is 0 Å². The molecule has 0 aliphatic heterocycles. The van der Waals surface area contributed by atoms with Gasteiger partial charge in [-0.15, -0.1) is 0 Å². The molecule has 1 atom stereocenters. The molecule has 2 aromatic heterocycles. The minimum Gasteiger partial charge on any atom is -0.324 e. The van der Waals surface area contributed by atoms with E-state index in [1.54, 1.807) is 0 Å². The van der Waals surface area contributed by atoms with Crippen molar-refractivity contribution in [2.45, 2.75) is 46.7 Å². The monoisotopic (exact) mass is 261 g/mol. The van der Waals surface area contributed by atoms with E-state index >= 15 is 0 Å². The van der Waals surface area contributed by atoms with Gasteiger partial charge in [-0.1, -0.05) is 6.92 Å². The van der Waals surface area contributed by atoms with Crippen molar-refractivity contribution in [2.24, 2.45) is 12.8 Å². The molecule has 0 aromatic carbocycles. The van der Waals surface area contributed by atoms with Crippen LogP contribution in [0.2, 0.25) is 0 Å². The Morgan fingerprint density at radius 2 is 2.00 bits per heavy atom. The maximum absolute atomic E-state index is 6.01. The third-order valence-corrected chi connectivity index (χ3v) is 3.59. The second-order valence-electron chi connectivity index (χ2n) is 5.13. The molecular weight excluding hydrogens is 238 g/mol. The predicted octanol–water partition coefficient (Wildman–Crippen LogP) is 1.86. The van der Waals surface area contributed by atoms with E-state index in [0.29, 0.717) is 0 Å². The van der Waals surface area contributed by atoms with Crippen molar-refractivity contribution < 1.29 is 0 Å². The molecule has 5 heteroatoms. The van der Waals surface area contributed by atoms with Gasteiger partial charge >= 0.3 is 0 Å². The Bertz CT molecular complexity index is 577. The molecule has 2 aromatic rings. The molecule has 19 heavy (non-hydrogen) atoms. The third-order valence-electron chi connectivity index (χ3n) is 3.59. The number of hydrogen-bond donors (Lipinski definition) is 1. The van der Waals surface area contributed by atoms with Crippen molar-refractivity contribution >= 4 is 0 Å². The second kappa shape index (κ2) is 5.17. The van der Waals surface area contributed by atoms with Gasteiger partial charge in [-0.2, -0.15) is 10.2 Å². The van der Waals surface area contributed by atoms with E-state index in [0.717, 1.165) is 35.6 Å². The minimum atomic E-state index is 0.0199. The summed E-state index contributed by atoms with van der Waals surface area (Å²) in [5.41, 5.74) is 11.6. The van der Waals surface area contributed by atoms with Gasteiger partial charge in [0.2, 0.25) is 0 Å². The number of nitrogens with zero attached hydrogens (tertiary/aromatic N) is 4. The van der Waals surface area contributed by atoms with E-state index in [9.17, 15) is 0 Å². The third kappa shape index (κ3) is 2.56. The summed E-state index contributed by atoms with van der Waals surface area (Å²) >= 11 is 0. The van der Waals surface area contributed by atoms with Gasteiger partial charge in [0.15, 0.2) is 0 Å². The first-order chi connectivity index (χ1) is 8.93. The lowest BCUT2D eigenvalue weighted by molar-refractivity contribution is 0.601.